The lowest BCUT2D eigenvalue weighted by Crippen LogP contribution is -2.45. The molecule has 2 aliphatic rings. The van der Waals surface area contributed by atoms with E-state index in [0.29, 0.717) is 12.5 Å². The highest BCUT2D eigenvalue weighted by molar-refractivity contribution is 5.79. The highest BCUT2D eigenvalue weighted by atomic mass is 16.5. The van der Waals surface area contributed by atoms with Crippen molar-refractivity contribution in [2.75, 3.05) is 37.7 Å². The van der Waals surface area contributed by atoms with Crippen molar-refractivity contribution in [2.45, 2.75) is 39.5 Å². The highest BCUT2D eigenvalue weighted by Crippen LogP contribution is 2.21. The lowest BCUT2D eigenvalue weighted by atomic mass is 9.96. The predicted molar refractivity (Wildman–Crippen MR) is 93.0 cm³/mol. The number of hydrogen-bond donors (Lipinski definition) is 1. The van der Waals surface area contributed by atoms with Gasteiger partial charge in [-0.15, -0.1) is 0 Å². The second-order valence-corrected chi connectivity index (χ2v) is 7.04. The van der Waals surface area contributed by atoms with Crippen LogP contribution in [0.15, 0.2) is 6.07 Å². The average molecular weight is 332 g/mol. The summed E-state index contributed by atoms with van der Waals surface area (Å²) in [4.78, 5) is 23.8. The molecule has 6 nitrogen and oxygen atoms in total. The van der Waals surface area contributed by atoms with E-state index in [1.165, 1.54) is 0 Å². The monoisotopic (exact) mass is 332 g/mol. The summed E-state index contributed by atoms with van der Waals surface area (Å²) in [5.41, 5.74) is 1.95. The first-order valence-corrected chi connectivity index (χ1v) is 9.04. The van der Waals surface area contributed by atoms with Crippen molar-refractivity contribution >= 4 is 11.9 Å². The molecule has 0 bridgehead atoms. The smallest absolute Gasteiger partial charge is 0.225 e. The van der Waals surface area contributed by atoms with E-state index in [-0.39, 0.29) is 11.8 Å². The van der Waals surface area contributed by atoms with Gasteiger partial charge in [0.05, 0.1) is 5.92 Å². The van der Waals surface area contributed by atoms with Crippen molar-refractivity contribution < 1.29 is 9.53 Å². The fraction of sp³-hybridized carbons (Fsp3) is 0.722. The molecule has 0 aromatic carbocycles. The van der Waals surface area contributed by atoms with Crippen LogP contribution in [0.3, 0.4) is 0 Å². The van der Waals surface area contributed by atoms with Gasteiger partial charge in [0, 0.05) is 44.2 Å². The van der Waals surface area contributed by atoms with Gasteiger partial charge in [-0.2, -0.15) is 0 Å². The maximum absolute atomic E-state index is 12.5. The van der Waals surface area contributed by atoms with Crippen LogP contribution in [0.1, 0.15) is 37.1 Å². The second kappa shape index (κ2) is 7.92. The van der Waals surface area contributed by atoms with Gasteiger partial charge in [0.25, 0.3) is 0 Å². The van der Waals surface area contributed by atoms with Crippen molar-refractivity contribution in [3.05, 3.63) is 17.5 Å². The molecule has 1 amide bonds. The summed E-state index contributed by atoms with van der Waals surface area (Å²) >= 11 is 0. The zero-order valence-corrected chi connectivity index (χ0v) is 14.8. The number of carbonyl (C=O) groups is 1. The first kappa shape index (κ1) is 17.1. The molecule has 0 unspecified atom stereocenters. The third-order valence-electron chi connectivity index (χ3n) is 4.95. The van der Waals surface area contributed by atoms with Crippen LogP contribution in [0.2, 0.25) is 0 Å². The molecule has 132 valence electrons. The van der Waals surface area contributed by atoms with E-state index >= 15 is 0 Å². The molecule has 3 rings (SSSR count). The fourth-order valence-corrected chi connectivity index (χ4v) is 3.56. The molecule has 2 aliphatic heterocycles. The van der Waals surface area contributed by atoms with Crippen LogP contribution >= 0.6 is 0 Å². The van der Waals surface area contributed by atoms with Crippen molar-refractivity contribution in [1.82, 2.24) is 15.3 Å². The molecular formula is C18H28N4O2. The van der Waals surface area contributed by atoms with E-state index in [1.54, 1.807) is 0 Å². The number of nitrogens with zero attached hydrogens (tertiary/aromatic N) is 3. The maximum atomic E-state index is 12.5. The first-order chi connectivity index (χ1) is 11.6. The number of aromatic nitrogens is 2. The summed E-state index contributed by atoms with van der Waals surface area (Å²) in [5.74, 6) is 1.53. The van der Waals surface area contributed by atoms with E-state index < -0.39 is 0 Å². The molecule has 1 aromatic heterocycles. The molecule has 0 aliphatic carbocycles. The number of carbonyl (C=O) groups excluding carboxylic acids is 1. The van der Waals surface area contributed by atoms with Crippen molar-refractivity contribution in [3.63, 3.8) is 0 Å². The van der Waals surface area contributed by atoms with Gasteiger partial charge < -0.3 is 15.0 Å². The zero-order valence-electron chi connectivity index (χ0n) is 14.8. The first-order valence-electron chi connectivity index (χ1n) is 9.04. The van der Waals surface area contributed by atoms with Gasteiger partial charge in [-0.25, -0.2) is 9.97 Å². The third kappa shape index (κ3) is 4.44. The van der Waals surface area contributed by atoms with Gasteiger partial charge >= 0.3 is 0 Å². The summed E-state index contributed by atoms with van der Waals surface area (Å²) < 4.78 is 5.37. The number of ether oxygens (including phenoxy) is 1. The van der Waals surface area contributed by atoms with Gasteiger partial charge in [0.1, 0.15) is 0 Å². The van der Waals surface area contributed by atoms with E-state index in [4.69, 9.17) is 4.74 Å². The Bertz CT molecular complexity index is 552. The lowest BCUT2D eigenvalue weighted by molar-refractivity contribution is -0.125. The lowest BCUT2D eigenvalue weighted by Gasteiger charge is -2.32. The van der Waals surface area contributed by atoms with Crippen LogP contribution in [0.25, 0.3) is 0 Å². The van der Waals surface area contributed by atoms with E-state index in [9.17, 15) is 4.79 Å². The van der Waals surface area contributed by atoms with Crippen LogP contribution in [-0.2, 0) is 9.53 Å². The van der Waals surface area contributed by atoms with E-state index in [1.807, 2.05) is 19.9 Å². The summed E-state index contributed by atoms with van der Waals surface area (Å²) in [7, 11) is 0. The molecule has 1 aromatic rings. The molecule has 0 radical (unpaired) electrons. The van der Waals surface area contributed by atoms with E-state index in [0.717, 1.165) is 69.3 Å². The SMILES string of the molecule is Cc1cc(C)nc(N2CCC[C@H](C(=O)NCC3CCOCC3)C2)n1. The van der Waals surface area contributed by atoms with Crippen LogP contribution in [0, 0.1) is 25.7 Å². The Kier molecular flexibility index (Phi) is 5.66. The number of aryl methyl sites for hydroxylation is 2. The number of nitrogens with one attached hydrogen (secondary N) is 1. The van der Waals surface area contributed by atoms with Gasteiger partial charge in [-0.05, 0) is 51.5 Å². The highest BCUT2D eigenvalue weighted by Gasteiger charge is 2.27. The molecule has 1 N–H and O–H groups in total. The Hall–Kier alpha value is -1.69. The molecule has 24 heavy (non-hydrogen) atoms. The van der Waals surface area contributed by atoms with Gasteiger partial charge in [-0.3, -0.25) is 4.79 Å². The number of rotatable bonds is 4. The third-order valence-corrected chi connectivity index (χ3v) is 4.95. The second-order valence-electron chi connectivity index (χ2n) is 7.04. The minimum absolute atomic E-state index is 0.0306. The van der Waals surface area contributed by atoms with Crippen molar-refractivity contribution in [1.29, 1.82) is 0 Å². The molecule has 0 spiro atoms. The fourth-order valence-electron chi connectivity index (χ4n) is 3.56. The van der Waals surface area contributed by atoms with Crippen LogP contribution < -0.4 is 10.2 Å². The Balaban J connectivity index is 1.55. The molecule has 2 saturated heterocycles. The maximum Gasteiger partial charge on any atom is 0.225 e. The van der Waals surface area contributed by atoms with Crippen LogP contribution in [-0.4, -0.2) is 48.7 Å². The molecule has 3 heterocycles. The summed E-state index contributed by atoms with van der Waals surface area (Å²) in [6.45, 7) is 8.03. The van der Waals surface area contributed by atoms with Gasteiger partial charge in [-0.1, -0.05) is 0 Å². The minimum Gasteiger partial charge on any atom is -0.381 e. The summed E-state index contributed by atoms with van der Waals surface area (Å²) in [6, 6.07) is 1.98. The number of hydrogen-bond acceptors (Lipinski definition) is 5. The average Bonchev–Trinajstić information content (AvgIpc) is 2.60. The number of piperidine rings is 1. The van der Waals surface area contributed by atoms with Crippen molar-refractivity contribution in [3.8, 4) is 0 Å². The summed E-state index contributed by atoms with van der Waals surface area (Å²) in [6.07, 6.45) is 4.05. The molecule has 6 heteroatoms. The molecular weight excluding hydrogens is 304 g/mol. The predicted octanol–water partition coefficient (Wildman–Crippen LogP) is 1.85. The quantitative estimate of drug-likeness (QED) is 0.911. The normalized spacial score (nSPS) is 22.4. The van der Waals surface area contributed by atoms with Crippen molar-refractivity contribution in [2.24, 2.45) is 11.8 Å². The Morgan fingerprint density at radius 3 is 2.67 bits per heavy atom. The molecule has 0 saturated carbocycles. The molecule has 1 atom stereocenters. The van der Waals surface area contributed by atoms with Gasteiger partial charge in [0.15, 0.2) is 0 Å². The minimum atomic E-state index is 0.0306. The summed E-state index contributed by atoms with van der Waals surface area (Å²) in [5, 5.41) is 3.15. The van der Waals surface area contributed by atoms with Gasteiger partial charge in [0.2, 0.25) is 11.9 Å². The van der Waals surface area contributed by atoms with E-state index in [2.05, 4.69) is 20.2 Å². The molecule has 2 fully saturated rings. The standard InChI is InChI=1S/C18H28N4O2/c1-13-10-14(2)21-18(20-13)22-7-3-4-16(12-22)17(23)19-11-15-5-8-24-9-6-15/h10,15-16H,3-9,11-12H2,1-2H3,(H,19,23)/t16-/m0/s1. The zero-order chi connectivity index (χ0) is 16.9. The Morgan fingerprint density at radius 1 is 1.25 bits per heavy atom. The number of amides is 1. The Morgan fingerprint density at radius 2 is 1.96 bits per heavy atom. The largest absolute Gasteiger partial charge is 0.381 e. The topological polar surface area (TPSA) is 67.4 Å². The van der Waals surface area contributed by atoms with Crippen LogP contribution in [0.5, 0.6) is 0 Å². The Labute approximate surface area is 144 Å². The van der Waals surface area contributed by atoms with Crippen LogP contribution in [0.4, 0.5) is 5.95 Å². The number of anilines is 1.